The quantitative estimate of drug-likeness (QED) is 0.133. The Balaban J connectivity index is 0. The van der Waals surface area contributed by atoms with E-state index in [1.807, 2.05) is 0 Å². The number of hydrogen-bond acceptors (Lipinski definition) is 0. The molecule has 0 spiro atoms. The molecule has 0 aliphatic rings. The predicted octanol–water partition coefficient (Wildman–Crippen LogP) is 2.48. The van der Waals surface area contributed by atoms with E-state index in [4.69, 9.17) is 0 Å². The van der Waals surface area contributed by atoms with Gasteiger partial charge in [0.1, 0.15) is 4.55 Å². The zero-order valence-electron chi connectivity index (χ0n) is 5.79. The molecule has 56 valence electrons. The van der Waals surface area contributed by atoms with Crippen molar-refractivity contribution < 1.29 is 4.48 Å². The number of alkyl halides is 1. The van der Waals surface area contributed by atoms with Crippen molar-refractivity contribution in [1.29, 1.82) is 0 Å². The Morgan fingerprint density at radius 1 is 1.22 bits per heavy atom. The molecule has 1 nitrogen and oxygen atoms in total. The summed E-state index contributed by atoms with van der Waals surface area (Å²) in [5.41, 5.74) is 0. The molecule has 0 saturated heterocycles. The Morgan fingerprint density at radius 2 is 1.33 bits per heavy atom. The molecule has 0 aromatic carbocycles. The summed E-state index contributed by atoms with van der Waals surface area (Å²) < 4.78 is 2.23. The van der Waals surface area contributed by atoms with E-state index >= 15 is 0 Å². The third-order valence-electron chi connectivity index (χ3n) is 0.359. The molecule has 0 aliphatic heterocycles. The molecule has 0 aromatic heterocycles. The molecule has 0 rings (SSSR count). The van der Waals surface area contributed by atoms with Crippen molar-refractivity contribution >= 4 is 73.8 Å². The van der Waals surface area contributed by atoms with Gasteiger partial charge < -0.3 is 4.48 Å². The van der Waals surface area contributed by atoms with Gasteiger partial charge in [-0.3, -0.25) is 0 Å². The van der Waals surface area contributed by atoms with Crippen LogP contribution in [0.1, 0.15) is 0 Å². The van der Waals surface area contributed by atoms with E-state index in [2.05, 4.69) is 79.3 Å². The first kappa shape index (κ1) is 14.6. The number of quaternary nitrogens is 1. The third-order valence-corrected chi connectivity index (χ3v) is 2.41. The van der Waals surface area contributed by atoms with Gasteiger partial charge in [-0.15, -0.1) is 0 Å². The maximum atomic E-state index is 2.47. The van der Waals surface area contributed by atoms with Gasteiger partial charge in [-0.05, 0) is 22.6 Å². The zero-order valence-corrected chi connectivity index (χ0v) is 16.1. The van der Waals surface area contributed by atoms with E-state index in [9.17, 15) is 0 Å². The van der Waals surface area contributed by atoms with Gasteiger partial charge in [0.25, 0.3) is 0 Å². The Kier molecular flexibility index (Phi) is 14.9. The van der Waals surface area contributed by atoms with Crippen molar-refractivity contribution in [2.24, 2.45) is 0 Å². The Bertz CT molecular complexity index is 54.3. The molecule has 0 saturated carbocycles. The van der Waals surface area contributed by atoms with Gasteiger partial charge in [0.15, 0.2) is 0 Å². The van der Waals surface area contributed by atoms with Gasteiger partial charge in [-0.1, -0.05) is 0 Å². The molecule has 0 fully saturated rings. The Labute approximate surface area is 102 Å². The van der Waals surface area contributed by atoms with E-state index in [1.54, 1.807) is 0 Å². The van der Waals surface area contributed by atoms with Crippen LogP contribution in [0, 0.1) is 0 Å². The van der Waals surface area contributed by atoms with Crippen LogP contribution in [0.3, 0.4) is 0 Å². The second kappa shape index (κ2) is 9.16. The fraction of sp³-hybridized carbons (Fsp3) is 1.00. The Hall–Kier alpha value is 3.07. The van der Waals surface area contributed by atoms with Crippen LogP contribution in [0.5, 0.6) is 0 Å². The van der Waals surface area contributed by atoms with E-state index in [0.29, 0.717) is 0 Å². The SMILES string of the molecule is C[N+](C)(C)CI.[I][Pb][I]. The summed E-state index contributed by atoms with van der Waals surface area (Å²) in [6.07, 6.45) is 0. The van der Waals surface area contributed by atoms with Crippen LogP contribution < -0.4 is 0 Å². The average Bonchev–Trinajstić information content (AvgIpc) is 1.67. The van der Waals surface area contributed by atoms with E-state index in [0.717, 1.165) is 4.48 Å². The summed E-state index contributed by atoms with van der Waals surface area (Å²) >= 11 is 7.33. The summed E-state index contributed by atoms with van der Waals surface area (Å²) in [6.45, 7) is 0. The predicted molar refractivity (Wildman–Crippen MR) is 70.7 cm³/mol. The molecular formula is C4H11I3NPb+. The first-order valence-electron chi connectivity index (χ1n) is 2.30. The number of rotatable bonds is 1. The molecule has 0 atom stereocenters. The molecular weight excluding hydrogens is 650 g/mol. The van der Waals surface area contributed by atoms with Crippen LogP contribution >= 0.6 is 58.1 Å². The van der Waals surface area contributed by atoms with Crippen LogP contribution in [0.2, 0.25) is 0 Å². The summed E-state index contributed by atoms with van der Waals surface area (Å²) in [5.74, 6) is 0. The molecule has 0 bridgehead atoms. The van der Waals surface area contributed by atoms with Gasteiger partial charge in [0, 0.05) is 0 Å². The monoisotopic (exact) mass is 662 g/mol. The molecule has 9 heavy (non-hydrogen) atoms. The summed E-state index contributed by atoms with van der Waals surface area (Å²) in [4.78, 5) is 0. The van der Waals surface area contributed by atoms with Crippen molar-refractivity contribution in [3.8, 4) is 0 Å². The van der Waals surface area contributed by atoms with Crippen LogP contribution in [-0.2, 0) is 0 Å². The van der Waals surface area contributed by atoms with E-state index in [-0.39, 0.29) is 15.6 Å². The normalized spacial score (nSPS) is 10.0. The molecule has 0 aromatic rings. The molecule has 0 unspecified atom stereocenters. The minimum atomic E-state index is 0.0233. The zero-order chi connectivity index (χ0) is 7.91. The number of halogens is 3. The van der Waals surface area contributed by atoms with E-state index < -0.39 is 0 Å². The molecule has 2 radical (unpaired) electrons. The van der Waals surface area contributed by atoms with Crippen molar-refractivity contribution in [1.82, 2.24) is 0 Å². The number of nitrogens with zero attached hydrogens (tertiary/aromatic N) is 1. The second-order valence-electron chi connectivity index (χ2n) is 2.48. The van der Waals surface area contributed by atoms with Gasteiger partial charge in [-0.2, -0.15) is 0 Å². The van der Waals surface area contributed by atoms with Crippen LogP contribution in [0.25, 0.3) is 0 Å². The molecule has 0 heterocycles. The molecule has 0 N–H and O–H groups in total. The van der Waals surface area contributed by atoms with Crippen LogP contribution in [0.4, 0.5) is 0 Å². The maximum absolute atomic E-state index is 2.47. The third kappa shape index (κ3) is 24.7. The summed E-state index contributed by atoms with van der Waals surface area (Å²) in [7, 11) is 6.52. The van der Waals surface area contributed by atoms with Crippen molar-refractivity contribution in [2.45, 2.75) is 0 Å². The topological polar surface area (TPSA) is 0 Å². The van der Waals surface area contributed by atoms with Gasteiger partial charge in [-0.25, -0.2) is 0 Å². The summed E-state index contributed by atoms with van der Waals surface area (Å²) in [5, 5.41) is 0. The Morgan fingerprint density at radius 3 is 1.33 bits per heavy atom. The standard InChI is InChI=1S/C4H11IN.2HI.Pb/c1-6(2,3)4-5;;;/h4H2,1-3H3;2*1H;/q+1;;;+2/p-2. The molecule has 0 aliphatic carbocycles. The minimum absolute atomic E-state index is 0.0233. The van der Waals surface area contributed by atoms with Crippen LogP contribution in [0.15, 0.2) is 0 Å². The first-order chi connectivity index (χ1) is 3.97. The summed E-state index contributed by atoms with van der Waals surface area (Å²) in [6, 6.07) is 0. The number of hydrogen-bond donors (Lipinski definition) is 0. The van der Waals surface area contributed by atoms with Crippen molar-refractivity contribution in [3.63, 3.8) is 0 Å². The van der Waals surface area contributed by atoms with Gasteiger partial charge in [0.2, 0.25) is 0 Å². The average molecular weight is 661 g/mol. The molecule has 5 heteroatoms. The van der Waals surface area contributed by atoms with Crippen LogP contribution in [-0.4, -0.2) is 45.8 Å². The second-order valence-corrected chi connectivity index (χ2v) is 31.3. The fourth-order valence-corrected chi connectivity index (χ4v) is 0. The fourth-order valence-electron chi connectivity index (χ4n) is 0. The van der Waals surface area contributed by atoms with Gasteiger partial charge in [0.05, 0.1) is 21.1 Å². The van der Waals surface area contributed by atoms with E-state index in [1.165, 1.54) is 4.55 Å². The van der Waals surface area contributed by atoms with Crippen molar-refractivity contribution in [3.05, 3.63) is 0 Å². The first-order valence-corrected chi connectivity index (χ1v) is 25.7. The van der Waals surface area contributed by atoms with Gasteiger partial charge >= 0.3 is 51.2 Å². The van der Waals surface area contributed by atoms with Crippen molar-refractivity contribution in [2.75, 3.05) is 25.7 Å². The molecule has 0 amide bonds.